The summed E-state index contributed by atoms with van der Waals surface area (Å²) in [7, 11) is 1.27. The third-order valence-electron chi connectivity index (χ3n) is 4.37. The highest BCUT2D eigenvalue weighted by Gasteiger charge is 2.63. The lowest BCUT2D eigenvalue weighted by Gasteiger charge is -2.19. The monoisotopic (exact) mass is 402 g/mol. The summed E-state index contributed by atoms with van der Waals surface area (Å²) >= 11 is 0. The van der Waals surface area contributed by atoms with Crippen molar-refractivity contribution in [2.75, 3.05) is 19.0 Å². The summed E-state index contributed by atoms with van der Waals surface area (Å²) in [6.07, 6.45) is -4.51. The number of methoxy groups -OCH3 is 1. The minimum atomic E-state index is -4.41. The highest BCUT2D eigenvalue weighted by molar-refractivity contribution is 5.95. The third-order valence-corrected chi connectivity index (χ3v) is 4.37. The second-order valence-electron chi connectivity index (χ2n) is 6.33. The van der Waals surface area contributed by atoms with Crippen molar-refractivity contribution in [2.24, 2.45) is 5.41 Å². The molecule has 1 saturated carbocycles. The number of halogens is 5. The van der Waals surface area contributed by atoms with Gasteiger partial charge in [-0.2, -0.15) is 26.9 Å². The maximum absolute atomic E-state index is 13.2. The van der Waals surface area contributed by atoms with Crippen molar-refractivity contribution in [2.45, 2.75) is 19.0 Å². The molecule has 28 heavy (non-hydrogen) atoms. The van der Waals surface area contributed by atoms with Gasteiger partial charge in [0.2, 0.25) is 11.9 Å². The zero-order chi connectivity index (χ0) is 20.5. The molecule has 0 spiro atoms. The van der Waals surface area contributed by atoms with E-state index in [1.54, 1.807) is 0 Å². The number of hydrogen-bond acceptors (Lipinski definition) is 5. The molecule has 1 aliphatic rings. The Morgan fingerprint density at radius 1 is 1.18 bits per heavy atom. The fourth-order valence-electron chi connectivity index (χ4n) is 2.57. The lowest BCUT2D eigenvalue weighted by molar-refractivity contribution is -0.184. The Kier molecular flexibility index (Phi) is 5.09. The van der Waals surface area contributed by atoms with Crippen molar-refractivity contribution in [3.63, 3.8) is 0 Å². The minimum absolute atomic E-state index is 0.0111. The van der Waals surface area contributed by atoms with E-state index in [0.717, 1.165) is 12.1 Å². The lowest BCUT2D eigenvalue weighted by Crippen LogP contribution is -2.38. The van der Waals surface area contributed by atoms with Gasteiger partial charge < -0.3 is 15.4 Å². The molecule has 1 fully saturated rings. The number of carbonyl (C=O) groups is 1. The van der Waals surface area contributed by atoms with Crippen molar-refractivity contribution in [3.05, 3.63) is 41.9 Å². The average Bonchev–Trinajstić information content (AvgIpc) is 3.40. The van der Waals surface area contributed by atoms with Gasteiger partial charge in [-0.25, -0.2) is 4.98 Å². The fourth-order valence-corrected chi connectivity index (χ4v) is 2.57. The molecule has 2 aromatic heterocycles. The summed E-state index contributed by atoms with van der Waals surface area (Å²) < 4.78 is 70.4. The van der Waals surface area contributed by atoms with Crippen LogP contribution in [0.4, 0.5) is 33.5 Å². The van der Waals surface area contributed by atoms with Gasteiger partial charge in [-0.3, -0.25) is 4.79 Å². The number of anilines is 2. The summed E-state index contributed by atoms with van der Waals surface area (Å²) in [4.78, 5) is 19.3. The van der Waals surface area contributed by atoms with Crippen LogP contribution in [0, 0.1) is 17.3 Å². The van der Waals surface area contributed by atoms with E-state index in [0.29, 0.717) is 0 Å². The van der Waals surface area contributed by atoms with Gasteiger partial charge in [0, 0.05) is 24.4 Å². The maximum Gasteiger partial charge on any atom is 0.396 e. The second kappa shape index (κ2) is 7.21. The molecule has 11 heteroatoms. The predicted octanol–water partition coefficient (Wildman–Crippen LogP) is 3.58. The number of amides is 1. The van der Waals surface area contributed by atoms with Crippen LogP contribution in [-0.2, 0) is 0 Å². The Hall–Kier alpha value is -2.98. The molecule has 1 aliphatic carbocycles. The summed E-state index contributed by atoms with van der Waals surface area (Å²) in [5, 5.41) is 4.83. The van der Waals surface area contributed by atoms with Crippen LogP contribution in [0.25, 0.3) is 0 Å². The van der Waals surface area contributed by atoms with Crippen LogP contribution < -0.4 is 15.4 Å². The number of nitrogens with one attached hydrogen (secondary N) is 2. The topological polar surface area (TPSA) is 76.1 Å². The van der Waals surface area contributed by atoms with Crippen LogP contribution >= 0.6 is 0 Å². The van der Waals surface area contributed by atoms with E-state index < -0.39 is 35.9 Å². The normalized spacial score (nSPS) is 15.1. The molecular formula is C17H15F5N4O2. The Bertz CT molecular complexity index is 879. The maximum atomic E-state index is 13.2. The summed E-state index contributed by atoms with van der Waals surface area (Å²) in [6.45, 7) is -0.571. The van der Waals surface area contributed by atoms with Gasteiger partial charge in [-0.15, -0.1) is 0 Å². The van der Waals surface area contributed by atoms with Gasteiger partial charge in [-0.1, -0.05) is 0 Å². The van der Waals surface area contributed by atoms with Crippen LogP contribution in [-0.4, -0.2) is 35.7 Å². The zero-order valence-electron chi connectivity index (χ0n) is 14.5. The molecule has 150 valence electrons. The molecule has 3 rings (SSSR count). The number of carbonyl (C=O) groups excluding carboxylic acids is 1. The van der Waals surface area contributed by atoms with Crippen LogP contribution in [0.1, 0.15) is 23.3 Å². The van der Waals surface area contributed by atoms with E-state index in [-0.39, 0.29) is 35.8 Å². The minimum Gasteiger partial charge on any atom is -0.494 e. The first-order valence-electron chi connectivity index (χ1n) is 8.14. The molecule has 2 N–H and O–H groups in total. The van der Waals surface area contributed by atoms with E-state index in [1.165, 1.54) is 19.2 Å². The molecule has 0 bridgehead atoms. The summed E-state index contributed by atoms with van der Waals surface area (Å²) in [5.41, 5.74) is -2.18. The number of ether oxygens (including phenoxy) is 1. The van der Waals surface area contributed by atoms with Crippen molar-refractivity contribution >= 4 is 17.4 Å². The smallest absolute Gasteiger partial charge is 0.396 e. The van der Waals surface area contributed by atoms with Crippen LogP contribution in [0.2, 0.25) is 0 Å². The first-order valence-corrected chi connectivity index (χ1v) is 8.14. The number of hydrogen-bond donors (Lipinski definition) is 2. The van der Waals surface area contributed by atoms with Gasteiger partial charge in [-0.05, 0) is 25.0 Å². The number of pyridine rings is 2. The average molecular weight is 402 g/mol. The van der Waals surface area contributed by atoms with E-state index in [9.17, 15) is 26.7 Å². The van der Waals surface area contributed by atoms with Gasteiger partial charge in [0.15, 0.2) is 5.69 Å². The van der Waals surface area contributed by atoms with Gasteiger partial charge >= 0.3 is 6.18 Å². The van der Waals surface area contributed by atoms with E-state index in [1.807, 2.05) is 0 Å². The number of alkyl halides is 3. The molecule has 1 amide bonds. The summed E-state index contributed by atoms with van der Waals surface area (Å²) in [5.74, 6) is -2.91. The first-order chi connectivity index (χ1) is 13.1. The van der Waals surface area contributed by atoms with Crippen molar-refractivity contribution in [3.8, 4) is 5.75 Å². The first kappa shape index (κ1) is 19.8. The van der Waals surface area contributed by atoms with Crippen LogP contribution in [0.15, 0.2) is 24.3 Å². The highest BCUT2D eigenvalue weighted by atomic mass is 19.4. The quantitative estimate of drug-likeness (QED) is 0.571. The lowest BCUT2D eigenvalue weighted by atomic mass is 10.1. The Labute approximate surface area is 156 Å². The molecule has 0 unspecified atom stereocenters. The SMILES string of the molecule is COc1ccc(Nc2cc(F)nc(F)c2)nc1C(=O)NCC1(C(F)(F)F)CC1. The molecule has 0 atom stereocenters. The van der Waals surface area contributed by atoms with Gasteiger partial charge in [0.1, 0.15) is 11.6 Å². The van der Waals surface area contributed by atoms with Crippen molar-refractivity contribution in [1.82, 2.24) is 15.3 Å². The molecule has 0 aliphatic heterocycles. The number of nitrogens with zero attached hydrogens (tertiary/aromatic N) is 2. The third kappa shape index (κ3) is 4.12. The molecule has 0 saturated heterocycles. The molecule has 2 aromatic rings. The molecule has 0 radical (unpaired) electrons. The zero-order valence-corrected chi connectivity index (χ0v) is 14.5. The Morgan fingerprint density at radius 2 is 1.82 bits per heavy atom. The van der Waals surface area contributed by atoms with Gasteiger partial charge in [0.25, 0.3) is 5.91 Å². The molecule has 2 heterocycles. The Morgan fingerprint density at radius 3 is 2.36 bits per heavy atom. The number of aromatic nitrogens is 2. The van der Waals surface area contributed by atoms with E-state index in [4.69, 9.17) is 4.74 Å². The van der Waals surface area contributed by atoms with Crippen LogP contribution in [0.3, 0.4) is 0 Å². The van der Waals surface area contributed by atoms with Crippen molar-refractivity contribution in [1.29, 1.82) is 0 Å². The Balaban J connectivity index is 1.78. The number of rotatable bonds is 6. The summed E-state index contributed by atoms with van der Waals surface area (Å²) in [6, 6.07) is 4.56. The largest absolute Gasteiger partial charge is 0.494 e. The molecule has 0 aromatic carbocycles. The van der Waals surface area contributed by atoms with E-state index in [2.05, 4.69) is 20.6 Å². The molecular weight excluding hydrogens is 387 g/mol. The second-order valence-corrected chi connectivity index (χ2v) is 6.33. The predicted molar refractivity (Wildman–Crippen MR) is 88.3 cm³/mol. The standard InChI is InChI=1S/C17H15F5N4O2/c1-28-10-2-3-13(24-9-6-11(18)25-12(19)7-9)26-14(10)15(27)23-8-16(4-5-16)17(20,21)22/h2-3,6-7H,4-5,8H2,1H3,(H,23,27)(H,24,25,26). The van der Waals surface area contributed by atoms with Crippen molar-refractivity contribution < 1.29 is 31.5 Å². The van der Waals surface area contributed by atoms with Crippen LogP contribution in [0.5, 0.6) is 5.75 Å². The highest BCUT2D eigenvalue weighted by Crippen LogP contribution is 2.57. The van der Waals surface area contributed by atoms with Gasteiger partial charge in [0.05, 0.1) is 12.5 Å². The van der Waals surface area contributed by atoms with E-state index >= 15 is 0 Å². The fraction of sp³-hybridized carbons (Fsp3) is 0.353. The molecule has 6 nitrogen and oxygen atoms in total.